The van der Waals surface area contributed by atoms with E-state index in [1.54, 1.807) is 0 Å². The summed E-state index contributed by atoms with van der Waals surface area (Å²) in [5.41, 5.74) is 8.06. The molecule has 20 heavy (non-hydrogen) atoms. The molecule has 1 saturated carbocycles. The van der Waals surface area contributed by atoms with E-state index in [2.05, 4.69) is 23.4 Å². The highest BCUT2D eigenvalue weighted by atomic mass is 35.5. The van der Waals surface area contributed by atoms with E-state index in [0.29, 0.717) is 17.0 Å². The van der Waals surface area contributed by atoms with Crippen LogP contribution < -0.4 is 5.73 Å². The van der Waals surface area contributed by atoms with Crippen LogP contribution in [0.4, 0.5) is 5.95 Å². The second-order valence-corrected chi connectivity index (χ2v) is 6.43. The Morgan fingerprint density at radius 3 is 2.90 bits per heavy atom. The summed E-state index contributed by atoms with van der Waals surface area (Å²) in [5.74, 6) is 0.551. The van der Waals surface area contributed by atoms with Crippen LogP contribution in [0, 0.1) is 5.41 Å². The fraction of sp³-hybridized carbons (Fsp3) is 0.533. The highest BCUT2D eigenvalue weighted by Crippen LogP contribution is 2.52. The van der Waals surface area contributed by atoms with E-state index >= 15 is 0 Å². The van der Waals surface area contributed by atoms with Crippen molar-refractivity contribution in [2.75, 3.05) is 12.3 Å². The van der Waals surface area contributed by atoms with Crippen LogP contribution in [0.2, 0.25) is 5.02 Å². The van der Waals surface area contributed by atoms with Crippen molar-refractivity contribution in [3.63, 3.8) is 0 Å². The maximum absolute atomic E-state index is 6.12. The number of benzene rings is 1. The van der Waals surface area contributed by atoms with E-state index in [-0.39, 0.29) is 11.5 Å². The number of halogens is 1. The number of nitrogens with zero attached hydrogens (tertiary/aromatic N) is 2. The highest BCUT2D eigenvalue weighted by Gasteiger charge is 2.50. The average molecular weight is 294 g/mol. The van der Waals surface area contributed by atoms with Crippen molar-refractivity contribution in [3.8, 4) is 0 Å². The van der Waals surface area contributed by atoms with E-state index in [1.807, 2.05) is 25.1 Å². The van der Waals surface area contributed by atoms with Gasteiger partial charge in [0.1, 0.15) is 0 Å². The normalized spacial score (nSPS) is 24.8. The lowest BCUT2D eigenvalue weighted by Gasteiger charge is -2.52. The van der Waals surface area contributed by atoms with E-state index in [0.717, 1.165) is 24.1 Å². The Morgan fingerprint density at radius 2 is 2.25 bits per heavy atom. The van der Waals surface area contributed by atoms with E-state index in [4.69, 9.17) is 22.1 Å². The average Bonchev–Trinajstić information content (AvgIpc) is 2.70. The second kappa shape index (κ2) is 4.64. The van der Waals surface area contributed by atoms with Crippen LogP contribution in [-0.2, 0) is 4.74 Å². The number of rotatable bonds is 3. The van der Waals surface area contributed by atoms with Gasteiger partial charge < -0.3 is 15.0 Å². The predicted molar refractivity (Wildman–Crippen MR) is 82.0 cm³/mol. The van der Waals surface area contributed by atoms with Crippen molar-refractivity contribution in [2.24, 2.45) is 5.41 Å². The van der Waals surface area contributed by atoms with Crippen molar-refractivity contribution < 1.29 is 4.74 Å². The first-order chi connectivity index (χ1) is 9.45. The summed E-state index contributed by atoms with van der Waals surface area (Å²) in [6.07, 6.45) is 1.23. The Kier molecular flexibility index (Phi) is 3.18. The lowest BCUT2D eigenvalue weighted by atomic mass is 9.64. The second-order valence-electron chi connectivity index (χ2n) is 5.99. The van der Waals surface area contributed by atoms with Gasteiger partial charge in [-0.05, 0) is 31.5 Å². The quantitative estimate of drug-likeness (QED) is 0.940. The molecule has 3 rings (SSSR count). The molecule has 1 fully saturated rings. The number of nitrogen functional groups attached to an aromatic ring is 1. The lowest BCUT2D eigenvalue weighted by molar-refractivity contribution is -0.126. The Labute approximate surface area is 123 Å². The summed E-state index contributed by atoms with van der Waals surface area (Å²) >= 11 is 6.11. The molecule has 2 N–H and O–H groups in total. The van der Waals surface area contributed by atoms with Gasteiger partial charge in [-0.1, -0.05) is 25.4 Å². The van der Waals surface area contributed by atoms with Gasteiger partial charge in [0.05, 0.1) is 17.1 Å². The predicted octanol–water partition coefficient (Wildman–Crippen LogP) is 3.65. The van der Waals surface area contributed by atoms with Gasteiger partial charge >= 0.3 is 0 Å². The van der Waals surface area contributed by atoms with Gasteiger partial charge in [0.15, 0.2) is 0 Å². The zero-order valence-corrected chi connectivity index (χ0v) is 12.8. The summed E-state index contributed by atoms with van der Waals surface area (Å²) < 4.78 is 7.90. The Bertz CT molecular complexity index is 650. The maximum atomic E-state index is 6.12. The molecule has 2 unspecified atom stereocenters. The van der Waals surface area contributed by atoms with Crippen LogP contribution >= 0.6 is 11.6 Å². The minimum absolute atomic E-state index is 0.0417. The van der Waals surface area contributed by atoms with E-state index in [1.165, 1.54) is 0 Å². The number of anilines is 1. The van der Waals surface area contributed by atoms with Gasteiger partial charge in [-0.2, -0.15) is 0 Å². The van der Waals surface area contributed by atoms with Crippen molar-refractivity contribution in [3.05, 3.63) is 23.2 Å². The monoisotopic (exact) mass is 293 g/mol. The number of aromatic nitrogens is 2. The molecule has 0 saturated heterocycles. The molecule has 1 aliphatic carbocycles. The minimum atomic E-state index is 0.0417. The summed E-state index contributed by atoms with van der Waals surface area (Å²) in [4.78, 5) is 4.43. The molecule has 108 valence electrons. The number of imidazole rings is 1. The molecule has 5 heteroatoms. The molecule has 1 aliphatic rings. The van der Waals surface area contributed by atoms with Gasteiger partial charge in [0.2, 0.25) is 5.95 Å². The molecule has 1 aromatic carbocycles. The first kappa shape index (κ1) is 13.7. The third-order valence-electron chi connectivity index (χ3n) is 4.48. The fourth-order valence-electron chi connectivity index (χ4n) is 3.20. The number of nitrogens with two attached hydrogens (primary N) is 1. The smallest absolute Gasteiger partial charge is 0.201 e. The molecule has 0 amide bonds. The molecule has 0 aliphatic heterocycles. The summed E-state index contributed by atoms with van der Waals surface area (Å²) in [7, 11) is 0. The van der Waals surface area contributed by atoms with Gasteiger partial charge in [0, 0.05) is 23.1 Å². The van der Waals surface area contributed by atoms with Crippen LogP contribution in [0.1, 0.15) is 33.2 Å². The number of hydrogen-bond donors (Lipinski definition) is 1. The van der Waals surface area contributed by atoms with E-state index in [9.17, 15) is 0 Å². The van der Waals surface area contributed by atoms with Gasteiger partial charge in [-0.3, -0.25) is 0 Å². The molecule has 0 spiro atoms. The van der Waals surface area contributed by atoms with Gasteiger partial charge in [0.25, 0.3) is 0 Å². The molecule has 2 atom stereocenters. The summed E-state index contributed by atoms with van der Waals surface area (Å²) in [6, 6.07) is 5.98. The summed E-state index contributed by atoms with van der Waals surface area (Å²) in [6.45, 7) is 7.21. The molecular formula is C15H20ClN3O. The molecule has 1 aromatic heterocycles. The molecule has 1 heterocycles. The first-order valence-corrected chi connectivity index (χ1v) is 7.37. The van der Waals surface area contributed by atoms with Gasteiger partial charge in [-0.25, -0.2) is 4.98 Å². The largest absolute Gasteiger partial charge is 0.378 e. The zero-order valence-electron chi connectivity index (χ0n) is 12.1. The maximum Gasteiger partial charge on any atom is 0.201 e. The van der Waals surface area contributed by atoms with Crippen LogP contribution in [-0.4, -0.2) is 22.3 Å². The number of ether oxygens (including phenoxy) is 1. The number of hydrogen-bond acceptors (Lipinski definition) is 3. The molecular weight excluding hydrogens is 274 g/mol. The molecule has 2 aromatic rings. The topological polar surface area (TPSA) is 53.1 Å². The summed E-state index contributed by atoms with van der Waals surface area (Å²) in [5, 5.41) is 0.706. The van der Waals surface area contributed by atoms with Crippen LogP contribution in [0.5, 0.6) is 0 Å². The SMILES string of the molecule is CCOC1CC(n2c(N)nc3ccc(Cl)cc32)C1(C)C. The van der Waals surface area contributed by atoms with Crippen molar-refractivity contribution in [2.45, 2.75) is 39.3 Å². The zero-order chi connectivity index (χ0) is 14.5. The molecule has 0 bridgehead atoms. The molecule has 4 nitrogen and oxygen atoms in total. The third-order valence-corrected chi connectivity index (χ3v) is 4.72. The van der Waals surface area contributed by atoms with Gasteiger partial charge in [-0.15, -0.1) is 0 Å². The third kappa shape index (κ3) is 1.90. The van der Waals surface area contributed by atoms with Crippen LogP contribution in [0.25, 0.3) is 11.0 Å². The van der Waals surface area contributed by atoms with Crippen molar-refractivity contribution in [1.29, 1.82) is 0 Å². The van der Waals surface area contributed by atoms with Crippen LogP contribution in [0.15, 0.2) is 18.2 Å². The number of fused-ring (bicyclic) bond motifs is 1. The Balaban J connectivity index is 2.03. The Morgan fingerprint density at radius 1 is 1.50 bits per heavy atom. The Hall–Kier alpha value is -1.26. The molecule has 0 radical (unpaired) electrons. The highest BCUT2D eigenvalue weighted by molar-refractivity contribution is 6.31. The van der Waals surface area contributed by atoms with Crippen molar-refractivity contribution >= 4 is 28.6 Å². The lowest BCUT2D eigenvalue weighted by Crippen LogP contribution is -2.51. The fourth-order valence-corrected chi connectivity index (χ4v) is 3.37. The van der Waals surface area contributed by atoms with Crippen LogP contribution in [0.3, 0.4) is 0 Å². The standard InChI is InChI=1S/C15H20ClN3O/c1-4-20-13-8-12(15(13,2)3)19-11-7-9(16)5-6-10(11)18-14(19)17/h5-7,12-13H,4,8H2,1-3H3,(H2,17,18). The van der Waals surface area contributed by atoms with E-state index < -0.39 is 0 Å². The first-order valence-electron chi connectivity index (χ1n) is 6.99. The van der Waals surface area contributed by atoms with Crippen molar-refractivity contribution in [1.82, 2.24) is 9.55 Å². The minimum Gasteiger partial charge on any atom is -0.378 e.